The molecule has 0 aliphatic carbocycles. The lowest BCUT2D eigenvalue weighted by Crippen LogP contribution is -2.39. The SMILES string of the molecule is CCCCCCCCCCCCCCN(C(=O)c1cc(F)c(F)c(OC)c1F)C(=O)c1cc(F)c(F)c(OC)c1F. The first-order chi connectivity index (χ1) is 19.6. The number of hydrogen-bond donors (Lipinski definition) is 0. The van der Waals surface area contributed by atoms with Crippen molar-refractivity contribution in [1.82, 2.24) is 4.90 Å². The Labute approximate surface area is 236 Å². The van der Waals surface area contributed by atoms with E-state index in [1.54, 1.807) is 0 Å². The molecule has 0 radical (unpaired) electrons. The summed E-state index contributed by atoms with van der Waals surface area (Å²) >= 11 is 0. The Morgan fingerprint density at radius 2 is 0.927 bits per heavy atom. The van der Waals surface area contributed by atoms with Crippen molar-refractivity contribution < 1.29 is 45.4 Å². The maximum Gasteiger partial charge on any atom is 0.263 e. The van der Waals surface area contributed by atoms with Gasteiger partial charge < -0.3 is 9.47 Å². The lowest BCUT2D eigenvalue weighted by Gasteiger charge is -2.22. The molecule has 2 aromatic carbocycles. The van der Waals surface area contributed by atoms with Crippen LogP contribution in [0.25, 0.3) is 0 Å². The fourth-order valence-electron chi connectivity index (χ4n) is 4.53. The number of nitrogens with zero attached hydrogens (tertiary/aromatic N) is 1. The quantitative estimate of drug-likeness (QED) is 0.0803. The lowest BCUT2D eigenvalue weighted by atomic mass is 10.0. The summed E-state index contributed by atoms with van der Waals surface area (Å²) in [6, 6.07) is 0.500. The van der Waals surface area contributed by atoms with Crippen molar-refractivity contribution in [1.29, 1.82) is 0 Å². The van der Waals surface area contributed by atoms with E-state index < -0.39 is 69.3 Å². The van der Waals surface area contributed by atoms with Crippen LogP contribution in [0.5, 0.6) is 11.5 Å². The van der Waals surface area contributed by atoms with Gasteiger partial charge >= 0.3 is 0 Å². The first kappa shape index (κ1) is 34.0. The molecule has 11 heteroatoms. The number of ether oxygens (including phenoxy) is 2. The van der Waals surface area contributed by atoms with Gasteiger partial charge in [-0.2, -0.15) is 8.78 Å². The molecule has 0 aliphatic heterocycles. The molecule has 0 atom stereocenters. The second-order valence-corrected chi connectivity index (χ2v) is 9.79. The van der Waals surface area contributed by atoms with E-state index >= 15 is 0 Å². The van der Waals surface area contributed by atoms with Gasteiger partial charge in [-0.3, -0.25) is 14.5 Å². The van der Waals surface area contributed by atoms with Crippen LogP contribution in [0, 0.1) is 34.9 Å². The number of unbranched alkanes of at least 4 members (excludes halogenated alkanes) is 11. The molecule has 0 unspecified atom stereocenters. The van der Waals surface area contributed by atoms with Crippen molar-refractivity contribution in [3.63, 3.8) is 0 Å². The second kappa shape index (κ2) is 16.9. The highest BCUT2D eigenvalue weighted by Gasteiger charge is 2.33. The smallest absolute Gasteiger partial charge is 0.263 e. The number of hydrogen-bond acceptors (Lipinski definition) is 4. The molecule has 0 N–H and O–H groups in total. The van der Waals surface area contributed by atoms with Crippen molar-refractivity contribution in [2.45, 2.75) is 84.0 Å². The van der Waals surface area contributed by atoms with Crippen LogP contribution in [0.1, 0.15) is 105 Å². The Kier molecular flexibility index (Phi) is 14.0. The number of halogens is 6. The molecule has 0 saturated carbocycles. The van der Waals surface area contributed by atoms with Gasteiger partial charge in [0.15, 0.2) is 34.8 Å². The lowest BCUT2D eigenvalue weighted by molar-refractivity contribution is 0.0605. The van der Waals surface area contributed by atoms with Crippen LogP contribution in [0.4, 0.5) is 26.3 Å². The van der Waals surface area contributed by atoms with E-state index in [1.807, 2.05) is 0 Å². The second-order valence-electron chi connectivity index (χ2n) is 9.79. The number of carbonyl (C=O) groups excluding carboxylic acids is 2. The topological polar surface area (TPSA) is 55.8 Å². The first-order valence-electron chi connectivity index (χ1n) is 13.9. The molecular weight excluding hydrogens is 552 g/mol. The largest absolute Gasteiger partial charge is 0.491 e. The van der Waals surface area contributed by atoms with Gasteiger partial charge in [0.25, 0.3) is 11.8 Å². The monoisotopic (exact) mass is 589 g/mol. The van der Waals surface area contributed by atoms with Crippen LogP contribution in [-0.2, 0) is 0 Å². The van der Waals surface area contributed by atoms with Crippen molar-refractivity contribution in [3.05, 3.63) is 58.2 Å². The number of rotatable bonds is 17. The summed E-state index contributed by atoms with van der Waals surface area (Å²) in [5.74, 6) is -15.0. The van der Waals surface area contributed by atoms with Gasteiger partial charge in [0.2, 0.25) is 11.6 Å². The highest BCUT2D eigenvalue weighted by Crippen LogP contribution is 2.31. The first-order valence-corrected chi connectivity index (χ1v) is 13.9. The Hall–Kier alpha value is -3.24. The van der Waals surface area contributed by atoms with Gasteiger partial charge in [0.05, 0.1) is 25.3 Å². The summed E-state index contributed by atoms with van der Waals surface area (Å²) in [7, 11) is 1.71. The predicted octanol–water partition coefficient (Wildman–Crippen LogP) is 8.52. The molecule has 0 saturated heterocycles. The Balaban J connectivity index is 2.19. The van der Waals surface area contributed by atoms with Crippen LogP contribution in [0.3, 0.4) is 0 Å². The van der Waals surface area contributed by atoms with Gasteiger partial charge in [0.1, 0.15) is 0 Å². The van der Waals surface area contributed by atoms with Gasteiger partial charge in [-0.05, 0) is 18.6 Å². The number of methoxy groups -OCH3 is 2. The van der Waals surface area contributed by atoms with Crippen molar-refractivity contribution in [3.8, 4) is 11.5 Å². The maximum absolute atomic E-state index is 14.9. The molecule has 41 heavy (non-hydrogen) atoms. The molecule has 2 rings (SSSR count). The molecule has 0 bridgehead atoms. The van der Waals surface area contributed by atoms with E-state index in [0.717, 1.165) is 46.3 Å². The highest BCUT2D eigenvalue weighted by molar-refractivity contribution is 6.10. The Bertz CT molecular complexity index is 1110. The van der Waals surface area contributed by atoms with Gasteiger partial charge in [-0.1, -0.05) is 77.6 Å². The highest BCUT2D eigenvalue weighted by atomic mass is 19.2. The molecule has 0 spiro atoms. The third kappa shape index (κ3) is 8.87. The van der Waals surface area contributed by atoms with Gasteiger partial charge in [-0.25, -0.2) is 17.6 Å². The van der Waals surface area contributed by atoms with Gasteiger partial charge in [-0.15, -0.1) is 0 Å². The molecule has 0 aromatic heterocycles. The number of amides is 2. The summed E-state index contributed by atoms with van der Waals surface area (Å²) in [6.07, 6.45) is 11.7. The maximum atomic E-state index is 14.9. The summed E-state index contributed by atoms with van der Waals surface area (Å²) in [5, 5.41) is 0. The van der Waals surface area contributed by atoms with E-state index in [1.165, 1.54) is 32.1 Å². The predicted molar refractivity (Wildman–Crippen MR) is 142 cm³/mol. The molecule has 5 nitrogen and oxygen atoms in total. The molecular formula is C30H37F6NO4. The number of imide groups is 1. The van der Waals surface area contributed by atoms with Crippen LogP contribution in [0.15, 0.2) is 12.1 Å². The van der Waals surface area contributed by atoms with E-state index in [9.17, 15) is 35.9 Å². The minimum absolute atomic E-state index is 0.208. The Morgan fingerprint density at radius 1 is 0.585 bits per heavy atom. The molecule has 0 heterocycles. The summed E-state index contributed by atoms with van der Waals surface area (Å²) in [5.41, 5.74) is -2.11. The van der Waals surface area contributed by atoms with Crippen LogP contribution in [0.2, 0.25) is 0 Å². The fourth-order valence-corrected chi connectivity index (χ4v) is 4.53. The van der Waals surface area contributed by atoms with Gasteiger partial charge in [0, 0.05) is 6.54 Å². The van der Waals surface area contributed by atoms with Crippen molar-refractivity contribution in [2.24, 2.45) is 0 Å². The molecule has 0 aliphatic rings. The van der Waals surface area contributed by atoms with Crippen molar-refractivity contribution >= 4 is 11.8 Å². The summed E-state index contributed by atoms with van der Waals surface area (Å²) in [4.78, 5) is 26.9. The fraction of sp³-hybridized carbons (Fsp3) is 0.533. The summed E-state index contributed by atoms with van der Waals surface area (Å²) in [6.45, 7) is 1.79. The molecule has 2 aromatic rings. The number of benzene rings is 2. The van der Waals surface area contributed by atoms with Crippen LogP contribution in [-0.4, -0.2) is 37.5 Å². The zero-order chi connectivity index (χ0) is 30.5. The van der Waals surface area contributed by atoms with Crippen LogP contribution < -0.4 is 9.47 Å². The van der Waals surface area contributed by atoms with Crippen molar-refractivity contribution in [2.75, 3.05) is 20.8 Å². The minimum Gasteiger partial charge on any atom is -0.491 e. The van der Waals surface area contributed by atoms with E-state index in [0.29, 0.717) is 11.3 Å². The third-order valence-corrected chi connectivity index (χ3v) is 6.83. The van der Waals surface area contributed by atoms with Crippen LogP contribution >= 0.6 is 0 Å². The average molecular weight is 590 g/mol. The normalized spacial score (nSPS) is 11.0. The standard InChI is InChI=1S/C30H37F6NO4/c1-4-5-6-7-8-9-10-11-12-13-14-15-16-37(29(38)19-17-21(31)25(35)27(40-2)23(19)33)30(39)20-18-22(32)26(36)28(41-3)24(20)34/h17-18H,4-16H2,1-3H3. The molecule has 0 fully saturated rings. The minimum atomic E-state index is -1.68. The Morgan fingerprint density at radius 3 is 1.27 bits per heavy atom. The summed E-state index contributed by atoms with van der Waals surface area (Å²) < 4.78 is 95.0. The molecule has 2 amide bonds. The van der Waals surface area contributed by atoms with E-state index in [2.05, 4.69) is 16.4 Å². The molecule has 228 valence electrons. The third-order valence-electron chi connectivity index (χ3n) is 6.83. The zero-order valence-electron chi connectivity index (χ0n) is 23.7. The number of carbonyl (C=O) groups is 2. The van der Waals surface area contributed by atoms with E-state index in [-0.39, 0.29) is 25.1 Å². The zero-order valence-corrected chi connectivity index (χ0v) is 23.7. The average Bonchev–Trinajstić information content (AvgIpc) is 2.95. The van der Waals surface area contributed by atoms with E-state index in [4.69, 9.17) is 0 Å².